The summed E-state index contributed by atoms with van der Waals surface area (Å²) >= 11 is 5.58. The maximum atomic E-state index is 13.5. The van der Waals surface area contributed by atoms with Crippen LogP contribution in [0.3, 0.4) is 0 Å². The van der Waals surface area contributed by atoms with Crippen molar-refractivity contribution in [3.05, 3.63) is 29.0 Å². The first-order valence-corrected chi connectivity index (χ1v) is 6.08. The number of aliphatic hydroxyl groups excluding tert-OH is 1. The van der Waals surface area contributed by atoms with Crippen molar-refractivity contribution >= 4 is 23.3 Å². The predicted molar refractivity (Wildman–Crippen MR) is 70.9 cm³/mol. The van der Waals surface area contributed by atoms with Crippen LogP contribution in [0.15, 0.2) is 18.2 Å². The van der Waals surface area contributed by atoms with Crippen LogP contribution in [-0.4, -0.2) is 37.5 Å². The molecule has 0 spiro atoms. The van der Waals surface area contributed by atoms with Gasteiger partial charge in [0.1, 0.15) is 0 Å². The average Bonchev–Trinajstić information content (AvgIpc) is 2.35. The quantitative estimate of drug-likeness (QED) is 0.750. The maximum absolute atomic E-state index is 13.5. The zero-order valence-electron chi connectivity index (χ0n) is 10.5. The van der Waals surface area contributed by atoms with Gasteiger partial charge in [-0.3, -0.25) is 0 Å². The Morgan fingerprint density at radius 1 is 1.58 bits per heavy atom. The number of hydrogen-bond acceptors (Lipinski definition) is 3. The second-order valence-corrected chi connectivity index (χ2v) is 4.29. The van der Waals surface area contributed by atoms with Crippen LogP contribution in [0.4, 0.5) is 14.9 Å². The monoisotopic (exact) mass is 290 g/mol. The number of nitrogens with one attached hydrogen (secondary N) is 2. The highest BCUT2D eigenvalue weighted by Crippen LogP contribution is 2.21. The molecule has 1 rings (SSSR count). The third-order valence-corrected chi connectivity index (χ3v) is 2.61. The Balaban J connectivity index is 2.37. The molecule has 0 radical (unpaired) electrons. The van der Waals surface area contributed by atoms with E-state index in [9.17, 15) is 14.3 Å². The van der Waals surface area contributed by atoms with E-state index in [1.165, 1.54) is 25.3 Å². The number of methoxy groups -OCH3 is 1. The number of halogens is 2. The number of rotatable bonds is 6. The summed E-state index contributed by atoms with van der Waals surface area (Å²) in [6.45, 7) is 0.449. The van der Waals surface area contributed by atoms with Crippen LogP contribution >= 0.6 is 11.6 Å². The van der Waals surface area contributed by atoms with Crippen LogP contribution < -0.4 is 10.6 Å². The molecule has 0 heterocycles. The molecule has 1 atom stereocenters. The maximum Gasteiger partial charge on any atom is 0.319 e. The molecule has 5 nitrogen and oxygen atoms in total. The third kappa shape index (κ3) is 5.42. The molecule has 7 heteroatoms. The van der Waals surface area contributed by atoms with Crippen molar-refractivity contribution < 1.29 is 19.0 Å². The highest BCUT2D eigenvalue weighted by molar-refractivity contribution is 6.31. The molecule has 19 heavy (non-hydrogen) atoms. The topological polar surface area (TPSA) is 70.6 Å². The Hall–Kier alpha value is -1.37. The summed E-state index contributed by atoms with van der Waals surface area (Å²) in [7, 11) is 1.48. The smallest absolute Gasteiger partial charge is 0.319 e. The largest absolute Gasteiger partial charge is 0.391 e. The summed E-state index contributed by atoms with van der Waals surface area (Å²) in [4.78, 5) is 11.5. The molecule has 106 valence electrons. The molecule has 0 aliphatic heterocycles. The van der Waals surface area contributed by atoms with E-state index in [4.69, 9.17) is 16.3 Å². The zero-order valence-corrected chi connectivity index (χ0v) is 11.2. The van der Waals surface area contributed by atoms with Crippen LogP contribution in [-0.2, 0) is 4.74 Å². The first-order chi connectivity index (χ1) is 9.04. The van der Waals surface area contributed by atoms with Gasteiger partial charge in [-0.2, -0.15) is 0 Å². The van der Waals surface area contributed by atoms with E-state index in [2.05, 4.69) is 10.6 Å². The van der Waals surface area contributed by atoms with Crippen LogP contribution in [0.25, 0.3) is 0 Å². The molecule has 0 aromatic heterocycles. The van der Waals surface area contributed by atoms with Crippen molar-refractivity contribution in [1.29, 1.82) is 0 Å². The molecular formula is C12H16ClFN2O3. The lowest BCUT2D eigenvalue weighted by Gasteiger charge is -2.11. The Bertz CT molecular complexity index is 431. The number of urea groups is 1. The summed E-state index contributed by atoms with van der Waals surface area (Å²) in [6, 6.07) is 3.76. The predicted octanol–water partition coefficient (Wildman–Crippen LogP) is 2.00. The molecule has 1 unspecified atom stereocenters. The van der Waals surface area contributed by atoms with Gasteiger partial charge in [-0.25, -0.2) is 9.18 Å². The molecule has 0 saturated heterocycles. The normalized spacial score (nSPS) is 12.0. The minimum absolute atomic E-state index is 0.00226. The van der Waals surface area contributed by atoms with Crippen molar-refractivity contribution in [1.82, 2.24) is 5.32 Å². The van der Waals surface area contributed by atoms with Crippen LogP contribution in [0.2, 0.25) is 5.02 Å². The average molecular weight is 291 g/mol. The highest BCUT2D eigenvalue weighted by Gasteiger charge is 2.09. The fraction of sp³-hybridized carbons (Fsp3) is 0.417. The fourth-order valence-corrected chi connectivity index (χ4v) is 1.57. The third-order valence-electron chi connectivity index (χ3n) is 2.32. The van der Waals surface area contributed by atoms with Gasteiger partial charge in [0.15, 0.2) is 5.82 Å². The van der Waals surface area contributed by atoms with Gasteiger partial charge in [-0.1, -0.05) is 17.7 Å². The summed E-state index contributed by atoms with van der Waals surface area (Å²) in [6.07, 6.45) is -0.299. The summed E-state index contributed by atoms with van der Waals surface area (Å²) in [5.74, 6) is -0.682. The van der Waals surface area contributed by atoms with Gasteiger partial charge in [-0.05, 0) is 18.6 Å². The summed E-state index contributed by atoms with van der Waals surface area (Å²) < 4.78 is 18.2. The first-order valence-electron chi connectivity index (χ1n) is 5.70. The highest BCUT2D eigenvalue weighted by atomic mass is 35.5. The number of ether oxygens (including phenoxy) is 1. The fourth-order valence-electron chi connectivity index (χ4n) is 1.39. The lowest BCUT2D eigenvalue weighted by molar-refractivity contribution is 0.0599. The molecule has 2 amide bonds. The van der Waals surface area contributed by atoms with Gasteiger partial charge in [0.2, 0.25) is 0 Å². The Morgan fingerprint density at radius 3 is 3.00 bits per heavy atom. The van der Waals surface area contributed by atoms with Gasteiger partial charge in [0.05, 0.1) is 23.4 Å². The molecule has 3 N–H and O–H groups in total. The van der Waals surface area contributed by atoms with Crippen molar-refractivity contribution in [2.24, 2.45) is 0 Å². The number of hydrogen-bond donors (Lipinski definition) is 3. The lowest BCUT2D eigenvalue weighted by atomic mass is 10.2. The van der Waals surface area contributed by atoms with E-state index >= 15 is 0 Å². The van der Waals surface area contributed by atoms with Gasteiger partial charge >= 0.3 is 6.03 Å². The number of benzene rings is 1. The number of aliphatic hydroxyl groups is 1. The molecule has 1 aromatic carbocycles. The molecular weight excluding hydrogens is 275 g/mol. The van der Waals surface area contributed by atoms with Gasteiger partial charge in [0.25, 0.3) is 0 Å². The van der Waals surface area contributed by atoms with Crippen LogP contribution in [0.1, 0.15) is 6.42 Å². The van der Waals surface area contributed by atoms with E-state index in [0.717, 1.165) is 0 Å². The molecule has 1 aromatic rings. The molecule has 0 aliphatic rings. The molecule has 0 bridgehead atoms. The number of amides is 2. The van der Waals surface area contributed by atoms with Crippen molar-refractivity contribution in [3.63, 3.8) is 0 Å². The van der Waals surface area contributed by atoms with Crippen molar-refractivity contribution in [3.8, 4) is 0 Å². The standard InChI is InChI=1S/C12H16ClFN2O3/c1-19-7-8(17)5-6-15-12(18)16-10-4-2-3-9(13)11(10)14/h2-4,8,17H,5-7H2,1H3,(H2,15,16,18). The van der Waals surface area contributed by atoms with Gasteiger partial charge in [0, 0.05) is 13.7 Å². The Kier molecular flexibility index (Phi) is 6.55. The number of carbonyl (C=O) groups excluding carboxylic acids is 1. The minimum Gasteiger partial charge on any atom is -0.391 e. The van der Waals surface area contributed by atoms with E-state index in [-0.39, 0.29) is 23.9 Å². The minimum atomic E-state index is -0.682. The number of anilines is 1. The first kappa shape index (κ1) is 15.7. The zero-order chi connectivity index (χ0) is 14.3. The van der Waals surface area contributed by atoms with Crippen LogP contribution in [0.5, 0.6) is 0 Å². The van der Waals surface area contributed by atoms with Gasteiger partial charge < -0.3 is 20.5 Å². The second-order valence-electron chi connectivity index (χ2n) is 3.88. The lowest BCUT2D eigenvalue weighted by Crippen LogP contribution is -2.32. The summed E-state index contributed by atoms with van der Waals surface area (Å²) in [5, 5.41) is 14.1. The second kappa shape index (κ2) is 7.93. The van der Waals surface area contributed by atoms with Gasteiger partial charge in [-0.15, -0.1) is 0 Å². The van der Waals surface area contributed by atoms with E-state index in [1.54, 1.807) is 0 Å². The van der Waals surface area contributed by atoms with Crippen molar-refractivity contribution in [2.45, 2.75) is 12.5 Å². The van der Waals surface area contributed by atoms with Crippen molar-refractivity contribution in [2.75, 3.05) is 25.6 Å². The van der Waals surface area contributed by atoms with E-state index in [1.807, 2.05) is 0 Å². The SMILES string of the molecule is COCC(O)CCNC(=O)Nc1cccc(Cl)c1F. The number of carbonyl (C=O) groups is 1. The Labute approximate surface area is 115 Å². The molecule has 0 aliphatic carbocycles. The van der Waals surface area contributed by atoms with E-state index in [0.29, 0.717) is 6.42 Å². The van der Waals surface area contributed by atoms with E-state index < -0.39 is 18.0 Å². The Morgan fingerprint density at radius 2 is 2.32 bits per heavy atom. The summed E-state index contributed by atoms with van der Waals surface area (Å²) in [5.41, 5.74) is 0.00226. The molecule has 0 fully saturated rings. The van der Waals surface area contributed by atoms with Crippen LogP contribution in [0, 0.1) is 5.82 Å². The molecule has 0 saturated carbocycles.